The number of aliphatic hydroxyl groups excluding tert-OH is 2. The van der Waals surface area contributed by atoms with Crippen molar-refractivity contribution in [2.24, 2.45) is 0 Å². The molecule has 0 aliphatic carbocycles. The average molecular weight is 286 g/mol. The Morgan fingerprint density at radius 1 is 1.16 bits per heavy atom. The van der Waals surface area contributed by atoms with Gasteiger partial charge in [0.1, 0.15) is 0 Å². The molecule has 0 fully saturated rings. The lowest BCUT2D eigenvalue weighted by atomic mass is 10.1. The maximum Gasteiger partial charge on any atom is 0.0867 e. The van der Waals surface area contributed by atoms with Gasteiger partial charge < -0.3 is 19.7 Å². The summed E-state index contributed by atoms with van der Waals surface area (Å²) < 4.78 is 10.1. The van der Waals surface area contributed by atoms with E-state index in [9.17, 15) is 10.2 Å². The van der Waals surface area contributed by atoms with Crippen molar-refractivity contribution < 1.29 is 19.7 Å². The minimum absolute atomic E-state index is 0.322. The lowest BCUT2D eigenvalue weighted by Crippen LogP contribution is -2.19. The van der Waals surface area contributed by atoms with Crippen molar-refractivity contribution in [2.45, 2.75) is 24.0 Å². The van der Waals surface area contributed by atoms with E-state index < -0.39 is 12.2 Å². The van der Waals surface area contributed by atoms with Crippen LogP contribution in [-0.4, -0.2) is 49.0 Å². The van der Waals surface area contributed by atoms with Crippen LogP contribution in [0.15, 0.2) is 29.2 Å². The van der Waals surface area contributed by atoms with Crippen LogP contribution in [0.4, 0.5) is 0 Å². The lowest BCUT2D eigenvalue weighted by Gasteiger charge is -2.11. The number of benzene rings is 1. The lowest BCUT2D eigenvalue weighted by molar-refractivity contribution is 0.0218. The Kier molecular flexibility index (Phi) is 8.09. The Balaban J connectivity index is 2.24. The minimum atomic E-state index is -0.488. The molecule has 0 saturated heterocycles. The van der Waals surface area contributed by atoms with Crippen molar-refractivity contribution in [3.63, 3.8) is 0 Å². The number of aliphatic hydroxyl groups is 2. The standard InChI is InChI=1S/C14H22O4S/c1-11(15)12-3-5-14(6-4-12)19-10-13(16)9-18-8-7-17-2/h3-6,11,13,15-16H,7-10H2,1-2H3. The Morgan fingerprint density at radius 2 is 1.84 bits per heavy atom. The molecule has 2 atom stereocenters. The molecule has 0 spiro atoms. The summed E-state index contributed by atoms with van der Waals surface area (Å²) in [7, 11) is 1.62. The zero-order valence-electron chi connectivity index (χ0n) is 11.4. The summed E-state index contributed by atoms with van der Waals surface area (Å²) in [4.78, 5) is 1.07. The van der Waals surface area contributed by atoms with Gasteiger partial charge in [0.05, 0.1) is 32.0 Å². The molecule has 0 aliphatic heterocycles. The van der Waals surface area contributed by atoms with E-state index in [0.717, 1.165) is 10.5 Å². The first-order valence-electron chi connectivity index (χ1n) is 6.29. The summed E-state index contributed by atoms with van der Waals surface area (Å²) >= 11 is 1.57. The van der Waals surface area contributed by atoms with Crippen LogP contribution in [0.5, 0.6) is 0 Å². The van der Waals surface area contributed by atoms with Crippen LogP contribution in [0.2, 0.25) is 0 Å². The van der Waals surface area contributed by atoms with Gasteiger partial charge in [-0.15, -0.1) is 11.8 Å². The molecule has 0 bridgehead atoms. The van der Waals surface area contributed by atoms with Crippen molar-refractivity contribution in [1.29, 1.82) is 0 Å². The number of ether oxygens (including phenoxy) is 2. The van der Waals surface area contributed by atoms with Gasteiger partial charge >= 0.3 is 0 Å². The highest BCUT2D eigenvalue weighted by Crippen LogP contribution is 2.21. The number of rotatable bonds is 9. The molecule has 0 aromatic heterocycles. The zero-order valence-corrected chi connectivity index (χ0v) is 12.2. The van der Waals surface area contributed by atoms with Crippen LogP contribution < -0.4 is 0 Å². The van der Waals surface area contributed by atoms with E-state index in [4.69, 9.17) is 9.47 Å². The maximum atomic E-state index is 9.73. The maximum absolute atomic E-state index is 9.73. The SMILES string of the molecule is COCCOCC(O)CSc1ccc(C(C)O)cc1. The topological polar surface area (TPSA) is 58.9 Å². The highest BCUT2D eigenvalue weighted by molar-refractivity contribution is 7.99. The van der Waals surface area contributed by atoms with Gasteiger partial charge in [-0.1, -0.05) is 12.1 Å². The van der Waals surface area contributed by atoms with E-state index in [0.29, 0.717) is 25.6 Å². The molecular formula is C14H22O4S. The first kappa shape index (κ1) is 16.5. The van der Waals surface area contributed by atoms with Gasteiger partial charge in [-0.25, -0.2) is 0 Å². The van der Waals surface area contributed by atoms with Crippen molar-refractivity contribution in [1.82, 2.24) is 0 Å². The summed E-state index contributed by atoms with van der Waals surface area (Å²) in [6.07, 6.45) is -0.933. The number of hydrogen-bond acceptors (Lipinski definition) is 5. The van der Waals surface area contributed by atoms with Gasteiger partial charge in [0.25, 0.3) is 0 Å². The second kappa shape index (κ2) is 9.34. The van der Waals surface area contributed by atoms with E-state index >= 15 is 0 Å². The number of methoxy groups -OCH3 is 1. The Hall–Kier alpha value is -0.590. The van der Waals surface area contributed by atoms with E-state index in [1.165, 1.54) is 0 Å². The van der Waals surface area contributed by atoms with Crippen molar-refractivity contribution in [3.05, 3.63) is 29.8 Å². The van der Waals surface area contributed by atoms with Crippen LogP contribution in [0, 0.1) is 0 Å². The Morgan fingerprint density at radius 3 is 2.42 bits per heavy atom. The third kappa shape index (κ3) is 6.94. The molecule has 108 valence electrons. The average Bonchev–Trinajstić information content (AvgIpc) is 2.42. The van der Waals surface area contributed by atoms with Gasteiger partial charge in [-0.05, 0) is 24.6 Å². The second-order valence-corrected chi connectivity index (χ2v) is 5.37. The third-order valence-corrected chi connectivity index (χ3v) is 3.70. The molecule has 1 aromatic rings. The molecule has 4 nitrogen and oxygen atoms in total. The molecule has 5 heteroatoms. The molecule has 2 unspecified atom stereocenters. The molecule has 19 heavy (non-hydrogen) atoms. The van der Waals surface area contributed by atoms with Gasteiger partial charge in [0.2, 0.25) is 0 Å². The number of hydrogen-bond donors (Lipinski definition) is 2. The smallest absolute Gasteiger partial charge is 0.0867 e. The fourth-order valence-electron chi connectivity index (χ4n) is 1.44. The van der Waals surface area contributed by atoms with Gasteiger partial charge in [0.15, 0.2) is 0 Å². The van der Waals surface area contributed by atoms with Crippen molar-refractivity contribution in [2.75, 3.05) is 32.7 Å². The normalized spacial score (nSPS) is 14.3. The predicted molar refractivity (Wildman–Crippen MR) is 76.5 cm³/mol. The first-order chi connectivity index (χ1) is 9.13. The molecule has 0 aliphatic rings. The van der Waals surface area contributed by atoms with E-state index in [-0.39, 0.29) is 0 Å². The fraction of sp³-hybridized carbons (Fsp3) is 0.571. The predicted octanol–water partition coefficient (Wildman–Crippen LogP) is 1.86. The largest absolute Gasteiger partial charge is 0.390 e. The molecule has 0 amide bonds. The van der Waals surface area contributed by atoms with E-state index in [1.54, 1.807) is 25.8 Å². The fourth-order valence-corrected chi connectivity index (χ4v) is 2.25. The summed E-state index contributed by atoms with van der Waals surface area (Å²) in [5.41, 5.74) is 0.896. The summed E-state index contributed by atoms with van der Waals surface area (Å²) in [5, 5.41) is 19.1. The zero-order chi connectivity index (χ0) is 14.1. The van der Waals surface area contributed by atoms with Gasteiger partial charge in [-0.3, -0.25) is 0 Å². The van der Waals surface area contributed by atoms with Gasteiger partial charge in [0, 0.05) is 17.8 Å². The van der Waals surface area contributed by atoms with Crippen LogP contribution in [-0.2, 0) is 9.47 Å². The monoisotopic (exact) mass is 286 g/mol. The van der Waals surface area contributed by atoms with E-state index in [1.807, 2.05) is 24.3 Å². The van der Waals surface area contributed by atoms with Crippen LogP contribution >= 0.6 is 11.8 Å². The molecular weight excluding hydrogens is 264 g/mol. The Labute approximate surface area is 118 Å². The number of thioether (sulfide) groups is 1. The molecule has 1 aromatic carbocycles. The van der Waals surface area contributed by atoms with Crippen molar-refractivity contribution >= 4 is 11.8 Å². The minimum Gasteiger partial charge on any atom is -0.390 e. The molecule has 0 heterocycles. The summed E-state index contributed by atoms with van der Waals surface area (Å²) in [5.74, 6) is 0.584. The van der Waals surface area contributed by atoms with Crippen LogP contribution in [0.25, 0.3) is 0 Å². The molecule has 0 radical (unpaired) electrons. The van der Waals surface area contributed by atoms with Crippen LogP contribution in [0.3, 0.4) is 0 Å². The first-order valence-corrected chi connectivity index (χ1v) is 7.27. The highest BCUT2D eigenvalue weighted by Gasteiger charge is 2.06. The summed E-state index contributed by atoms with van der Waals surface area (Å²) in [6.45, 7) is 3.10. The molecule has 0 saturated carbocycles. The van der Waals surface area contributed by atoms with Crippen molar-refractivity contribution in [3.8, 4) is 0 Å². The second-order valence-electron chi connectivity index (χ2n) is 4.28. The Bertz CT molecular complexity index is 340. The van der Waals surface area contributed by atoms with Crippen LogP contribution in [0.1, 0.15) is 18.6 Å². The quantitative estimate of drug-likeness (QED) is 0.536. The highest BCUT2D eigenvalue weighted by atomic mass is 32.2. The molecule has 2 N–H and O–H groups in total. The summed E-state index contributed by atoms with van der Waals surface area (Å²) in [6, 6.07) is 7.69. The molecule has 1 rings (SSSR count). The third-order valence-electron chi connectivity index (χ3n) is 2.55. The van der Waals surface area contributed by atoms with Gasteiger partial charge in [-0.2, -0.15) is 0 Å². The van der Waals surface area contributed by atoms with E-state index in [2.05, 4.69) is 0 Å².